The van der Waals surface area contributed by atoms with Crippen LogP contribution in [-0.2, 0) is 17.8 Å². The van der Waals surface area contributed by atoms with Crippen molar-refractivity contribution in [1.29, 1.82) is 0 Å². The largest absolute Gasteiger partial charge is 0.352 e. The fourth-order valence-corrected chi connectivity index (χ4v) is 2.20. The van der Waals surface area contributed by atoms with Crippen molar-refractivity contribution in [3.63, 3.8) is 0 Å². The van der Waals surface area contributed by atoms with Crippen molar-refractivity contribution in [2.75, 3.05) is 0 Å². The van der Waals surface area contributed by atoms with Crippen LogP contribution in [0, 0.1) is 6.92 Å². The van der Waals surface area contributed by atoms with Crippen LogP contribution in [-0.4, -0.2) is 25.7 Å². The lowest BCUT2D eigenvalue weighted by Gasteiger charge is -2.07. The van der Waals surface area contributed by atoms with E-state index in [0.717, 1.165) is 22.5 Å². The molecule has 0 aliphatic heterocycles. The van der Waals surface area contributed by atoms with Gasteiger partial charge in [0.1, 0.15) is 12.7 Å². The van der Waals surface area contributed by atoms with Gasteiger partial charge in [-0.15, -0.1) is 0 Å². The van der Waals surface area contributed by atoms with Gasteiger partial charge in [0, 0.05) is 18.4 Å². The van der Waals surface area contributed by atoms with Crippen LogP contribution in [0.5, 0.6) is 0 Å². The summed E-state index contributed by atoms with van der Waals surface area (Å²) >= 11 is 0. The van der Waals surface area contributed by atoms with Gasteiger partial charge >= 0.3 is 0 Å². The number of hydrogen-bond acceptors (Lipinski definition) is 4. The van der Waals surface area contributed by atoms with Gasteiger partial charge in [0.05, 0.1) is 12.1 Å². The SMILES string of the molecule is Cc1ccc(CC(=O)NCc2cccc(-n3cncn3)c2)cn1. The normalized spacial score (nSPS) is 10.5. The Bertz CT molecular complexity index is 781. The predicted molar refractivity (Wildman–Crippen MR) is 85.9 cm³/mol. The third kappa shape index (κ3) is 4.00. The zero-order valence-corrected chi connectivity index (χ0v) is 12.8. The third-order valence-electron chi connectivity index (χ3n) is 3.42. The molecule has 0 saturated heterocycles. The molecule has 1 aromatic carbocycles. The minimum atomic E-state index is -0.0261. The lowest BCUT2D eigenvalue weighted by Crippen LogP contribution is -2.24. The van der Waals surface area contributed by atoms with Crippen molar-refractivity contribution in [1.82, 2.24) is 25.1 Å². The van der Waals surface area contributed by atoms with Crippen molar-refractivity contribution in [2.24, 2.45) is 0 Å². The van der Waals surface area contributed by atoms with Crippen LogP contribution in [0.25, 0.3) is 5.69 Å². The van der Waals surface area contributed by atoms with E-state index in [0.29, 0.717) is 13.0 Å². The van der Waals surface area contributed by atoms with Crippen molar-refractivity contribution in [3.8, 4) is 5.69 Å². The van der Waals surface area contributed by atoms with Gasteiger partial charge in [-0.25, -0.2) is 9.67 Å². The van der Waals surface area contributed by atoms with E-state index in [2.05, 4.69) is 20.4 Å². The topological polar surface area (TPSA) is 72.7 Å². The van der Waals surface area contributed by atoms with Crippen molar-refractivity contribution >= 4 is 5.91 Å². The summed E-state index contributed by atoms with van der Waals surface area (Å²) in [6.07, 6.45) is 5.20. The zero-order chi connectivity index (χ0) is 16.1. The van der Waals surface area contributed by atoms with Gasteiger partial charge < -0.3 is 5.32 Å². The fraction of sp³-hybridized carbons (Fsp3) is 0.176. The molecule has 0 spiro atoms. The minimum absolute atomic E-state index is 0.0261. The van der Waals surface area contributed by atoms with Crippen molar-refractivity contribution < 1.29 is 4.79 Å². The third-order valence-corrected chi connectivity index (χ3v) is 3.42. The molecular formula is C17H17N5O. The molecule has 6 heteroatoms. The molecule has 0 aliphatic rings. The van der Waals surface area contributed by atoms with E-state index in [4.69, 9.17) is 0 Å². The zero-order valence-electron chi connectivity index (χ0n) is 12.8. The number of hydrogen-bond donors (Lipinski definition) is 1. The number of benzene rings is 1. The highest BCUT2D eigenvalue weighted by Crippen LogP contribution is 2.09. The molecule has 6 nitrogen and oxygen atoms in total. The molecule has 3 aromatic rings. The standard InChI is InChI=1S/C17H17N5O/c1-13-5-6-15(9-19-13)8-17(23)20-10-14-3-2-4-16(7-14)22-12-18-11-21-22/h2-7,9,11-12H,8,10H2,1H3,(H,20,23). The smallest absolute Gasteiger partial charge is 0.224 e. The monoisotopic (exact) mass is 307 g/mol. The molecule has 0 aliphatic carbocycles. The first kappa shape index (κ1) is 14.9. The molecule has 3 rings (SSSR count). The van der Waals surface area contributed by atoms with E-state index in [1.807, 2.05) is 43.3 Å². The first-order valence-electron chi connectivity index (χ1n) is 7.33. The Hall–Kier alpha value is -3.02. The van der Waals surface area contributed by atoms with Gasteiger partial charge in [-0.05, 0) is 36.2 Å². The number of aryl methyl sites for hydroxylation is 1. The molecule has 2 aromatic heterocycles. The molecule has 1 amide bonds. The Kier molecular flexibility index (Phi) is 4.42. The van der Waals surface area contributed by atoms with Crippen LogP contribution in [0.4, 0.5) is 0 Å². The number of nitrogens with one attached hydrogen (secondary N) is 1. The van der Waals surface area contributed by atoms with Gasteiger partial charge in [0.25, 0.3) is 0 Å². The Morgan fingerprint density at radius 1 is 1.22 bits per heavy atom. The number of carbonyl (C=O) groups is 1. The Morgan fingerprint density at radius 3 is 2.87 bits per heavy atom. The Labute approximate surface area is 134 Å². The summed E-state index contributed by atoms with van der Waals surface area (Å²) in [5, 5.41) is 7.02. The first-order valence-corrected chi connectivity index (χ1v) is 7.33. The van der Waals surface area contributed by atoms with E-state index in [1.54, 1.807) is 17.2 Å². The second kappa shape index (κ2) is 6.83. The maximum Gasteiger partial charge on any atom is 0.224 e. The molecule has 0 radical (unpaired) electrons. The first-order chi connectivity index (χ1) is 11.2. The predicted octanol–water partition coefficient (Wildman–Crippen LogP) is 1.83. The number of nitrogens with zero attached hydrogens (tertiary/aromatic N) is 4. The molecule has 0 fully saturated rings. The molecule has 2 heterocycles. The molecular weight excluding hydrogens is 290 g/mol. The number of rotatable bonds is 5. The van der Waals surface area contributed by atoms with Crippen LogP contribution in [0.15, 0.2) is 55.2 Å². The highest BCUT2D eigenvalue weighted by molar-refractivity contribution is 5.78. The molecule has 1 N–H and O–H groups in total. The van der Waals surface area contributed by atoms with E-state index in [-0.39, 0.29) is 5.91 Å². The molecule has 116 valence electrons. The summed E-state index contributed by atoms with van der Waals surface area (Å²) in [6, 6.07) is 11.6. The molecule has 0 unspecified atom stereocenters. The fourth-order valence-electron chi connectivity index (χ4n) is 2.20. The van der Waals surface area contributed by atoms with Gasteiger partial charge in [-0.3, -0.25) is 9.78 Å². The maximum atomic E-state index is 12.0. The molecule has 0 atom stereocenters. The van der Waals surface area contributed by atoms with Crippen molar-refractivity contribution in [2.45, 2.75) is 19.9 Å². The average Bonchev–Trinajstić information content (AvgIpc) is 3.10. The second-order valence-electron chi connectivity index (χ2n) is 5.27. The summed E-state index contributed by atoms with van der Waals surface area (Å²) in [6.45, 7) is 2.40. The highest BCUT2D eigenvalue weighted by atomic mass is 16.1. The average molecular weight is 307 g/mol. The summed E-state index contributed by atoms with van der Waals surface area (Å²) in [7, 11) is 0. The minimum Gasteiger partial charge on any atom is -0.352 e. The number of carbonyl (C=O) groups excluding carboxylic acids is 1. The van der Waals surface area contributed by atoms with E-state index in [9.17, 15) is 4.79 Å². The number of amides is 1. The summed E-state index contributed by atoms with van der Waals surface area (Å²) < 4.78 is 1.68. The van der Waals surface area contributed by atoms with Gasteiger partial charge in [0.2, 0.25) is 5.91 Å². The molecule has 23 heavy (non-hydrogen) atoms. The summed E-state index contributed by atoms with van der Waals surface area (Å²) in [4.78, 5) is 20.1. The van der Waals surface area contributed by atoms with Crippen LogP contribution in [0.1, 0.15) is 16.8 Å². The highest BCUT2D eigenvalue weighted by Gasteiger charge is 2.05. The number of pyridine rings is 1. The Balaban J connectivity index is 1.58. The van der Waals surface area contributed by atoms with Gasteiger partial charge in [-0.1, -0.05) is 18.2 Å². The maximum absolute atomic E-state index is 12.0. The van der Waals surface area contributed by atoms with E-state index >= 15 is 0 Å². The van der Waals surface area contributed by atoms with Crippen LogP contribution >= 0.6 is 0 Å². The molecule has 0 saturated carbocycles. The summed E-state index contributed by atoms with van der Waals surface area (Å²) in [5.41, 5.74) is 3.77. The van der Waals surface area contributed by atoms with Crippen LogP contribution in [0.2, 0.25) is 0 Å². The van der Waals surface area contributed by atoms with Gasteiger partial charge in [-0.2, -0.15) is 5.10 Å². The van der Waals surface area contributed by atoms with Crippen LogP contribution < -0.4 is 5.32 Å². The van der Waals surface area contributed by atoms with E-state index < -0.39 is 0 Å². The van der Waals surface area contributed by atoms with Crippen molar-refractivity contribution in [3.05, 3.63) is 72.1 Å². The van der Waals surface area contributed by atoms with E-state index in [1.165, 1.54) is 6.33 Å². The lowest BCUT2D eigenvalue weighted by atomic mass is 10.1. The number of aromatic nitrogens is 4. The molecule has 0 bridgehead atoms. The Morgan fingerprint density at radius 2 is 2.13 bits per heavy atom. The summed E-state index contributed by atoms with van der Waals surface area (Å²) in [5.74, 6) is -0.0261. The lowest BCUT2D eigenvalue weighted by molar-refractivity contribution is -0.120. The van der Waals surface area contributed by atoms with Crippen LogP contribution in [0.3, 0.4) is 0 Å². The quantitative estimate of drug-likeness (QED) is 0.780. The van der Waals surface area contributed by atoms with Gasteiger partial charge in [0.15, 0.2) is 0 Å². The second-order valence-corrected chi connectivity index (χ2v) is 5.27.